The lowest BCUT2D eigenvalue weighted by atomic mass is 9.99. The number of benzene rings is 2. The van der Waals surface area contributed by atoms with Gasteiger partial charge in [-0.25, -0.2) is 4.79 Å². The Morgan fingerprint density at radius 2 is 1.53 bits per heavy atom. The maximum Gasteiger partial charge on any atom is 0.335 e. The van der Waals surface area contributed by atoms with Crippen molar-refractivity contribution >= 4 is 5.97 Å². The summed E-state index contributed by atoms with van der Waals surface area (Å²) in [6.07, 6.45) is 0. The summed E-state index contributed by atoms with van der Waals surface area (Å²) in [4.78, 5) is 11.1. The summed E-state index contributed by atoms with van der Waals surface area (Å²) in [5, 5.41) is 9.08. The quantitative estimate of drug-likeness (QED) is 0.848. The molecule has 2 heteroatoms. The zero-order valence-electron chi connectivity index (χ0n) is 9.90. The van der Waals surface area contributed by atoms with Gasteiger partial charge in [-0.15, -0.1) is 0 Å². The van der Waals surface area contributed by atoms with Gasteiger partial charge in [-0.2, -0.15) is 0 Å². The first-order chi connectivity index (χ1) is 8.08. The minimum atomic E-state index is -0.878. The normalized spacial score (nSPS) is 10.2. The number of hydrogen-bond donors (Lipinski definition) is 1. The largest absolute Gasteiger partial charge is 0.478 e. The molecule has 1 N–H and O–H groups in total. The number of carbonyl (C=O) groups is 1. The van der Waals surface area contributed by atoms with Gasteiger partial charge < -0.3 is 5.11 Å². The van der Waals surface area contributed by atoms with E-state index in [0.717, 1.165) is 16.7 Å². The molecule has 0 bridgehead atoms. The molecular formula is C15H14O2. The van der Waals surface area contributed by atoms with Crippen molar-refractivity contribution in [1.82, 2.24) is 0 Å². The third-order valence-electron chi connectivity index (χ3n) is 2.85. The lowest BCUT2D eigenvalue weighted by Gasteiger charge is -2.06. The molecule has 17 heavy (non-hydrogen) atoms. The molecule has 0 radical (unpaired) electrons. The second kappa shape index (κ2) is 4.42. The van der Waals surface area contributed by atoms with Crippen molar-refractivity contribution in [1.29, 1.82) is 0 Å². The average Bonchev–Trinajstić information content (AvgIpc) is 2.30. The Hall–Kier alpha value is -2.09. The van der Waals surface area contributed by atoms with E-state index in [1.165, 1.54) is 5.56 Å². The van der Waals surface area contributed by atoms with Crippen LogP contribution < -0.4 is 0 Å². The summed E-state index contributed by atoms with van der Waals surface area (Å²) in [5.74, 6) is -0.878. The fraction of sp³-hybridized carbons (Fsp3) is 0.133. The molecule has 2 rings (SSSR count). The Kier molecular flexibility index (Phi) is 2.96. The Bertz CT molecular complexity index is 554. The molecular weight excluding hydrogens is 212 g/mol. The molecule has 0 saturated carbocycles. The molecule has 0 aliphatic carbocycles. The fourth-order valence-corrected chi connectivity index (χ4v) is 1.78. The van der Waals surface area contributed by atoms with Crippen LogP contribution in [0.15, 0.2) is 42.5 Å². The lowest BCUT2D eigenvalue weighted by molar-refractivity contribution is 0.0696. The van der Waals surface area contributed by atoms with Crippen LogP contribution in [0.2, 0.25) is 0 Å². The van der Waals surface area contributed by atoms with Crippen LogP contribution >= 0.6 is 0 Å². The second-order valence-electron chi connectivity index (χ2n) is 4.20. The van der Waals surface area contributed by atoms with Crippen molar-refractivity contribution in [3.05, 3.63) is 59.2 Å². The molecule has 0 saturated heterocycles. The van der Waals surface area contributed by atoms with E-state index in [1.807, 2.05) is 50.2 Å². The van der Waals surface area contributed by atoms with Gasteiger partial charge in [0.25, 0.3) is 0 Å². The standard InChI is InChI=1S/C15H14O2/c1-10-3-6-12(7-4-10)13-8-5-11(2)14(9-13)15(16)17/h3-9H,1-2H3,(H,16,17). The van der Waals surface area contributed by atoms with Crippen LogP contribution in [0.4, 0.5) is 0 Å². The van der Waals surface area contributed by atoms with E-state index < -0.39 is 5.97 Å². The summed E-state index contributed by atoms with van der Waals surface area (Å²) in [6, 6.07) is 13.6. The smallest absolute Gasteiger partial charge is 0.335 e. The van der Waals surface area contributed by atoms with Crippen LogP contribution in [0.25, 0.3) is 11.1 Å². The number of aryl methyl sites for hydroxylation is 2. The maximum absolute atomic E-state index is 11.1. The molecule has 0 atom stereocenters. The molecule has 0 aliphatic rings. The summed E-state index contributed by atoms with van der Waals surface area (Å²) in [5.41, 5.74) is 4.32. The number of hydrogen-bond acceptors (Lipinski definition) is 1. The zero-order valence-corrected chi connectivity index (χ0v) is 9.90. The van der Waals surface area contributed by atoms with Crippen molar-refractivity contribution in [3.63, 3.8) is 0 Å². The Balaban J connectivity index is 2.50. The molecule has 0 heterocycles. The third-order valence-corrected chi connectivity index (χ3v) is 2.85. The SMILES string of the molecule is Cc1ccc(-c2ccc(C)c(C(=O)O)c2)cc1. The van der Waals surface area contributed by atoms with E-state index >= 15 is 0 Å². The van der Waals surface area contributed by atoms with E-state index in [4.69, 9.17) is 5.11 Å². The van der Waals surface area contributed by atoms with Crippen molar-refractivity contribution in [2.24, 2.45) is 0 Å². The van der Waals surface area contributed by atoms with E-state index in [1.54, 1.807) is 6.07 Å². The first-order valence-electron chi connectivity index (χ1n) is 5.49. The predicted octanol–water partition coefficient (Wildman–Crippen LogP) is 3.67. The zero-order chi connectivity index (χ0) is 12.4. The number of carboxylic acids is 1. The minimum Gasteiger partial charge on any atom is -0.478 e. The monoisotopic (exact) mass is 226 g/mol. The van der Waals surface area contributed by atoms with Crippen LogP contribution in [-0.2, 0) is 0 Å². The highest BCUT2D eigenvalue weighted by Gasteiger charge is 2.08. The molecule has 0 unspecified atom stereocenters. The van der Waals surface area contributed by atoms with Gasteiger partial charge in [0.2, 0.25) is 0 Å². The average molecular weight is 226 g/mol. The molecule has 2 aromatic rings. The van der Waals surface area contributed by atoms with Crippen molar-refractivity contribution in [2.45, 2.75) is 13.8 Å². The number of aromatic carboxylic acids is 1. The van der Waals surface area contributed by atoms with Crippen LogP contribution in [-0.4, -0.2) is 11.1 Å². The van der Waals surface area contributed by atoms with Crippen LogP contribution in [0.1, 0.15) is 21.5 Å². The molecule has 0 amide bonds. The van der Waals surface area contributed by atoms with Gasteiger partial charge >= 0.3 is 5.97 Å². The Morgan fingerprint density at radius 1 is 0.941 bits per heavy atom. The van der Waals surface area contributed by atoms with E-state index in [2.05, 4.69) is 0 Å². The van der Waals surface area contributed by atoms with Gasteiger partial charge in [-0.05, 0) is 36.6 Å². The van der Waals surface area contributed by atoms with E-state index in [-0.39, 0.29) is 0 Å². The van der Waals surface area contributed by atoms with E-state index in [9.17, 15) is 4.79 Å². The van der Waals surface area contributed by atoms with Gasteiger partial charge in [0.15, 0.2) is 0 Å². The van der Waals surface area contributed by atoms with Crippen LogP contribution in [0, 0.1) is 13.8 Å². The topological polar surface area (TPSA) is 37.3 Å². The van der Waals surface area contributed by atoms with Crippen molar-refractivity contribution < 1.29 is 9.90 Å². The Morgan fingerprint density at radius 3 is 2.12 bits per heavy atom. The van der Waals surface area contributed by atoms with Gasteiger partial charge in [0.1, 0.15) is 0 Å². The van der Waals surface area contributed by atoms with E-state index in [0.29, 0.717) is 5.56 Å². The molecule has 0 fully saturated rings. The molecule has 2 aromatic carbocycles. The first-order valence-corrected chi connectivity index (χ1v) is 5.49. The fourth-order valence-electron chi connectivity index (χ4n) is 1.78. The van der Waals surface area contributed by atoms with Crippen molar-refractivity contribution in [3.8, 4) is 11.1 Å². The third kappa shape index (κ3) is 2.36. The highest BCUT2D eigenvalue weighted by Crippen LogP contribution is 2.22. The van der Waals surface area contributed by atoms with Gasteiger partial charge in [-0.1, -0.05) is 42.0 Å². The van der Waals surface area contributed by atoms with Crippen LogP contribution in [0.5, 0.6) is 0 Å². The van der Waals surface area contributed by atoms with Gasteiger partial charge in [0.05, 0.1) is 5.56 Å². The summed E-state index contributed by atoms with van der Waals surface area (Å²) >= 11 is 0. The molecule has 2 nitrogen and oxygen atoms in total. The first kappa shape index (κ1) is 11.4. The summed E-state index contributed by atoms with van der Waals surface area (Å²) in [7, 11) is 0. The molecule has 0 spiro atoms. The van der Waals surface area contributed by atoms with Crippen molar-refractivity contribution in [2.75, 3.05) is 0 Å². The summed E-state index contributed by atoms with van der Waals surface area (Å²) < 4.78 is 0. The molecule has 86 valence electrons. The maximum atomic E-state index is 11.1. The lowest BCUT2D eigenvalue weighted by Crippen LogP contribution is -1.99. The highest BCUT2D eigenvalue weighted by atomic mass is 16.4. The van der Waals surface area contributed by atoms with Gasteiger partial charge in [-0.3, -0.25) is 0 Å². The summed E-state index contributed by atoms with van der Waals surface area (Å²) in [6.45, 7) is 3.84. The molecule has 0 aliphatic heterocycles. The van der Waals surface area contributed by atoms with Crippen LogP contribution in [0.3, 0.4) is 0 Å². The minimum absolute atomic E-state index is 0.364. The second-order valence-corrected chi connectivity index (χ2v) is 4.20. The molecule has 0 aromatic heterocycles. The number of rotatable bonds is 2. The van der Waals surface area contributed by atoms with Gasteiger partial charge in [0, 0.05) is 0 Å². The number of carboxylic acid groups (broad SMARTS) is 1. The Labute approximate surface area is 101 Å². The predicted molar refractivity (Wildman–Crippen MR) is 68.3 cm³/mol. The highest BCUT2D eigenvalue weighted by molar-refractivity contribution is 5.91.